The normalized spacial score (nSPS) is 11.0. The Morgan fingerprint density at radius 1 is 0.645 bits per heavy atom. The molecule has 172 valence electrons. The molecule has 0 aliphatic rings. The zero-order valence-electron chi connectivity index (χ0n) is 19.9. The highest BCUT2D eigenvalue weighted by molar-refractivity contribution is 5.60. The Morgan fingerprint density at radius 3 is 2.00 bits per heavy atom. The molecule has 0 N–H and O–H groups in total. The number of hydrogen-bond donors (Lipinski definition) is 0. The van der Waals surface area contributed by atoms with Crippen molar-refractivity contribution in [2.24, 2.45) is 0 Å². The summed E-state index contributed by atoms with van der Waals surface area (Å²) in [5.41, 5.74) is 3.42. The molecule has 2 aromatic rings. The first kappa shape index (κ1) is 25.4. The second kappa shape index (κ2) is 16.8. The zero-order valence-corrected chi connectivity index (χ0v) is 19.9. The van der Waals surface area contributed by atoms with Crippen molar-refractivity contribution in [3.05, 3.63) is 48.2 Å². The lowest BCUT2D eigenvalue weighted by atomic mass is 10.1. The van der Waals surface area contributed by atoms with Gasteiger partial charge in [-0.3, -0.25) is 4.98 Å². The van der Waals surface area contributed by atoms with Crippen LogP contribution in [0.1, 0.15) is 90.0 Å². The van der Waals surface area contributed by atoms with Gasteiger partial charge in [0.15, 0.2) is 0 Å². The molecule has 31 heavy (non-hydrogen) atoms. The van der Waals surface area contributed by atoms with E-state index in [9.17, 15) is 0 Å². The fourth-order valence-corrected chi connectivity index (χ4v) is 3.65. The Bertz CT molecular complexity index is 666. The number of hydrogen-bond acceptors (Lipinski definition) is 3. The van der Waals surface area contributed by atoms with Gasteiger partial charge in [0, 0.05) is 25.0 Å². The summed E-state index contributed by atoms with van der Waals surface area (Å²) in [7, 11) is 0. The maximum Gasteiger partial charge on any atom is 0.119 e. The summed E-state index contributed by atoms with van der Waals surface area (Å²) in [5, 5.41) is 0. The second-order valence-electron chi connectivity index (χ2n) is 8.47. The monoisotopic (exact) mass is 425 g/mol. The SMILES string of the molecule is CCCCCCCCOc1ccc(-c2ccc(CCCOCCCCCC)cn2)cc1. The van der Waals surface area contributed by atoms with Gasteiger partial charge in [-0.25, -0.2) is 0 Å². The van der Waals surface area contributed by atoms with E-state index in [1.54, 1.807) is 0 Å². The Kier molecular flexibility index (Phi) is 13.7. The van der Waals surface area contributed by atoms with E-state index in [2.05, 4.69) is 55.2 Å². The number of aromatic nitrogens is 1. The van der Waals surface area contributed by atoms with Crippen LogP contribution >= 0.6 is 0 Å². The number of nitrogens with zero attached hydrogens (tertiary/aromatic N) is 1. The highest BCUT2D eigenvalue weighted by Gasteiger charge is 2.02. The lowest BCUT2D eigenvalue weighted by Gasteiger charge is -2.08. The van der Waals surface area contributed by atoms with E-state index < -0.39 is 0 Å². The number of aryl methyl sites for hydroxylation is 1. The Labute approximate surface area is 190 Å². The molecule has 1 aromatic carbocycles. The third-order valence-electron chi connectivity index (χ3n) is 5.64. The number of pyridine rings is 1. The molecule has 2 rings (SSSR count). The fraction of sp³-hybridized carbons (Fsp3) is 0.607. The van der Waals surface area contributed by atoms with E-state index in [0.29, 0.717) is 0 Å². The molecule has 1 heterocycles. The summed E-state index contributed by atoms with van der Waals surface area (Å²) < 4.78 is 11.6. The minimum Gasteiger partial charge on any atom is -0.494 e. The van der Waals surface area contributed by atoms with Crippen molar-refractivity contribution >= 4 is 0 Å². The van der Waals surface area contributed by atoms with Gasteiger partial charge in [0.05, 0.1) is 12.3 Å². The fourth-order valence-electron chi connectivity index (χ4n) is 3.65. The molecular formula is C28H43NO2. The van der Waals surface area contributed by atoms with Gasteiger partial charge in [0.1, 0.15) is 5.75 Å². The van der Waals surface area contributed by atoms with Gasteiger partial charge in [-0.2, -0.15) is 0 Å². The zero-order chi connectivity index (χ0) is 22.0. The summed E-state index contributed by atoms with van der Waals surface area (Å²) >= 11 is 0. The average Bonchev–Trinajstić information content (AvgIpc) is 2.81. The van der Waals surface area contributed by atoms with Crippen molar-refractivity contribution < 1.29 is 9.47 Å². The molecule has 0 spiro atoms. The molecular weight excluding hydrogens is 382 g/mol. The third-order valence-corrected chi connectivity index (χ3v) is 5.64. The van der Waals surface area contributed by atoms with Crippen molar-refractivity contribution in [2.45, 2.75) is 90.9 Å². The van der Waals surface area contributed by atoms with E-state index in [1.165, 1.54) is 63.4 Å². The van der Waals surface area contributed by atoms with E-state index in [0.717, 1.165) is 56.1 Å². The van der Waals surface area contributed by atoms with E-state index in [1.807, 2.05) is 6.20 Å². The van der Waals surface area contributed by atoms with Gasteiger partial charge >= 0.3 is 0 Å². The van der Waals surface area contributed by atoms with Gasteiger partial charge in [0.2, 0.25) is 0 Å². The summed E-state index contributed by atoms with van der Waals surface area (Å²) in [6.45, 7) is 7.04. The van der Waals surface area contributed by atoms with E-state index in [-0.39, 0.29) is 0 Å². The van der Waals surface area contributed by atoms with Crippen LogP contribution in [0.4, 0.5) is 0 Å². The lowest BCUT2D eigenvalue weighted by molar-refractivity contribution is 0.128. The highest BCUT2D eigenvalue weighted by atomic mass is 16.5. The van der Waals surface area contributed by atoms with Crippen LogP contribution in [0.15, 0.2) is 42.6 Å². The minimum atomic E-state index is 0.806. The molecule has 0 aliphatic heterocycles. The van der Waals surface area contributed by atoms with Crippen molar-refractivity contribution in [3.8, 4) is 17.0 Å². The van der Waals surface area contributed by atoms with Crippen LogP contribution in [0.2, 0.25) is 0 Å². The first-order valence-corrected chi connectivity index (χ1v) is 12.6. The maximum atomic E-state index is 5.88. The first-order chi connectivity index (χ1) is 15.3. The van der Waals surface area contributed by atoms with E-state index in [4.69, 9.17) is 9.47 Å². The molecule has 0 radical (unpaired) electrons. The smallest absolute Gasteiger partial charge is 0.119 e. The molecule has 0 bridgehead atoms. The molecule has 0 aliphatic carbocycles. The van der Waals surface area contributed by atoms with Crippen molar-refractivity contribution in [1.29, 1.82) is 0 Å². The Balaban J connectivity index is 1.63. The molecule has 3 heteroatoms. The molecule has 0 amide bonds. The Hall–Kier alpha value is -1.87. The number of rotatable bonds is 18. The van der Waals surface area contributed by atoms with Gasteiger partial charge < -0.3 is 9.47 Å². The lowest BCUT2D eigenvalue weighted by Crippen LogP contribution is -1.99. The summed E-state index contributed by atoms with van der Waals surface area (Å²) in [4.78, 5) is 4.66. The van der Waals surface area contributed by atoms with Crippen molar-refractivity contribution in [2.75, 3.05) is 19.8 Å². The Morgan fingerprint density at radius 2 is 1.29 bits per heavy atom. The maximum absolute atomic E-state index is 5.88. The van der Waals surface area contributed by atoms with Gasteiger partial charge in [0.25, 0.3) is 0 Å². The predicted molar refractivity (Wildman–Crippen MR) is 132 cm³/mol. The highest BCUT2D eigenvalue weighted by Crippen LogP contribution is 2.21. The molecule has 1 aromatic heterocycles. The topological polar surface area (TPSA) is 31.4 Å². The van der Waals surface area contributed by atoms with Gasteiger partial charge in [-0.1, -0.05) is 71.3 Å². The van der Waals surface area contributed by atoms with Crippen LogP contribution < -0.4 is 4.74 Å². The molecule has 3 nitrogen and oxygen atoms in total. The third kappa shape index (κ3) is 11.4. The van der Waals surface area contributed by atoms with Crippen LogP contribution in [0.3, 0.4) is 0 Å². The minimum absolute atomic E-state index is 0.806. The second-order valence-corrected chi connectivity index (χ2v) is 8.47. The molecule has 0 fully saturated rings. The first-order valence-electron chi connectivity index (χ1n) is 12.6. The van der Waals surface area contributed by atoms with Gasteiger partial charge in [-0.05, 0) is 61.6 Å². The summed E-state index contributed by atoms with van der Waals surface area (Å²) in [6.07, 6.45) is 16.9. The standard InChI is InChI=1S/C28H43NO2/c1-3-5-7-9-10-12-23-31-27-18-16-26(17-19-27)28-20-15-25(24-29-28)14-13-22-30-21-11-8-6-4-2/h15-20,24H,3-14,21-23H2,1-2H3. The summed E-state index contributed by atoms with van der Waals surface area (Å²) in [5.74, 6) is 0.948. The quantitative estimate of drug-likeness (QED) is 0.227. The van der Waals surface area contributed by atoms with Crippen molar-refractivity contribution in [3.63, 3.8) is 0 Å². The average molecular weight is 426 g/mol. The molecule has 0 unspecified atom stereocenters. The number of unbranched alkanes of at least 4 members (excludes halogenated alkanes) is 8. The summed E-state index contributed by atoms with van der Waals surface area (Å²) in [6, 6.07) is 12.6. The van der Waals surface area contributed by atoms with E-state index >= 15 is 0 Å². The van der Waals surface area contributed by atoms with Crippen LogP contribution in [-0.4, -0.2) is 24.8 Å². The predicted octanol–water partition coefficient (Wildman–Crippen LogP) is 8.02. The number of ether oxygens (including phenoxy) is 2. The molecule has 0 saturated heterocycles. The van der Waals surface area contributed by atoms with Crippen molar-refractivity contribution in [1.82, 2.24) is 4.98 Å². The molecule has 0 saturated carbocycles. The number of benzene rings is 1. The van der Waals surface area contributed by atoms with Crippen LogP contribution in [0, 0.1) is 0 Å². The van der Waals surface area contributed by atoms with Crippen LogP contribution in [0.5, 0.6) is 5.75 Å². The molecule has 0 atom stereocenters. The van der Waals surface area contributed by atoms with Crippen LogP contribution in [-0.2, 0) is 11.2 Å². The van der Waals surface area contributed by atoms with Crippen LogP contribution in [0.25, 0.3) is 11.3 Å². The largest absolute Gasteiger partial charge is 0.494 e. The van der Waals surface area contributed by atoms with Gasteiger partial charge in [-0.15, -0.1) is 0 Å².